The van der Waals surface area contributed by atoms with Gasteiger partial charge in [0, 0.05) is 0 Å². The molecule has 1 aliphatic rings. The van der Waals surface area contributed by atoms with Crippen LogP contribution in [0.2, 0.25) is 5.02 Å². The summed E-state index contributed by atoms with van der Waals surface area (Å²) in [5, 5.41) is 14.5. The zero-order chi connectivity index (χ0) is 20.9. The second-order valence-corrected chi connectivity index (χ2v) is 9.56. The van der Waals surface area contributed by atoms with E-state index in [1.807, 2.05) is 23.4 Å². The van der Waals surface area contributed by atoms with Crippen molar-refractivity contribution in [3.63, 3.8) is 0 Å². The van der Waals surface area contributed by atoms with Crippen LogP contribution in [-0.4, -0.2) is 70.4 Å². The molecule has 2 heterocycles. The molecule has 1 saturated heterocycles. The van der Waals surface area contributed by atoms with E-state index in [2.05, 4.69) is 27.3 Å². The number of nitrogens with zero attached hydrogens (tertiary/aromatic N) is 4. The Bertz CT molecular complexity index is 891. The number of hydrazine groups is 1. The first-order chi connectivity index (χ1) is 13.9. The van der Waals surface area contributed by atoms with Crippen LogP contribution in [0.3, 0.4) is 0 Å². The van der Waals surface area contributed by atoms with Crippen LogP contribution >= 0.6 is 11.6 Å². The number of anilines is 3. The monoisotopic (exact) mass is 440 g/mol. The normalized spacial score (nSPS) is 17.1. The van der Waals surface area contributed by atoms with Crippen LogP contribution in [0.25, 0.3) is 0 Å². The van der Waals surface area contributed by atoms with Crippen molar-refractivity contribution in [2.45, 2.75) is 6.92 Å². The van der Waals surface area contributed by atoms with Crippen LogP contribution < -0.4 is 20.8 Å². The molecule has 3 rings (SSSR count). The summed E-state index contributed by atoms with van der Waals surface area (Å²) in [6.45, 7) is 10.3. The molecule has 1 atom stereocenters. The Morgan fingerprint density at radius 2 is 2.14 bits per heavy atom. The van der Waals surface area contributed by atoms with E-state index in [9.17, 15) is 9.42 Å². The quantitative estimate of drug-likeness (QED) is 0.305. The molecule has 1 fully saturated rings. The second-order valence-electron chi connectivity index (χ2n) is 6.68. The summed E-state index contributed by atoms with van der Waals surface area (Å²) in [7, 11) is -2.26. The van der Waals surface area contributed by atoms with Crippen LogP contribution in [-0.2, 0) is 9.55 Å². The fourth-order valence-electron chi connectivity index (χ4n) is 3.09. The summed E-state index contributed by atoms with van der Waals surface area (Å²) in [4.78, 5) is 6.05. The van der Waals surface area contributed by atoms with E-state index >= 15 is 0 Å². The fraction of sp³-hybridized carbons (Fsp3) is 0.471. The van der Waals surface area contributed by atoms with Gasteiger partial charge in [-0.3, -0.25) is 0 Å². The number of benzene rings is 1. The predicted molar refractivity (Wildman–Crippen MR) is 118 cm³/mol. The molecule has 3 N–H and O–H groups in total. The second kappa shape index (κ2) is 9.81. The van der Waals surface area contributed by atoms with Crippen LogP contribution in [0.5, 0.6) is 0 Å². The van der Waals surface area contributed by atoms with Gasteiger partial charge in [-0.1, -0.05) is 0 Å². The molecule has 1 aromatic carbocycles. The van der Waals surface area contributed by atoms with E-state index in [0.717, 1.165) is 30.5 Å². The first-order valence-electron chi connectivity index (χ1n) is 9.40. The van der Waals surface area contributed by atoms with Crippen molar-refractivity contribution in [1.29, 1.82) is 0 Å². The molecule has 1 unspecified atom stereocenters. The predicted octanol–water partition coefficient (Wildman–Crippen LogP) is 1.30. The van der Waals surface area contributed by atoms with E-state index < -0.39 is 9.55 Å². The van der Waals surface area contributed by atoms with Gasteiger partial charge in [-0.15, -0.1) is 0 Å². The summed E-state index contributed by atoms with van der Waals surface area (Å²) in [6, 6.07) is 5.55. The van der Waals surface area contributed by atoms with E-state index in [4.69, 9.17) is 16.0 Å². The molecule has 9 nitrogen and oxygen atoms in total. The summed E-state index contributed by atoms with van der Waals surface area (Å²) in [5.41, 5.74) is 4.27. The van der Waals surface area contributed by atoms with Crippen LogP contribution in [0.15, 0.2) is 35.3 Å². The Kier molecular flexibility index (Phi) is 7.41. The van der Waals surface area contributed by atoms with Gasteiger partial charge < -0.3 is 4.42 Å². The average molecular weight is 441 g/mol. The molecule has 0 aliphatic carbocycles. The van der Waals surface area contributed by atoms with Gasteiger partial charge in [-0.25, -0.2) is 0 Å². The Labute approximate surface area is 177 Å². The Morgan fingerprint density at radius 3 is 2.79 bits per heavy atom. The molecule has 158 valence electrons. The number of halogens is 1. The first kappa shape index (κ1) is 21.9. The molecule has 0 radical (unpaired) electrons. The zero-order valence-corrected chi connectivity index (χ0v) is 18.0. The molecule has 0 saturated carbocycles. The van der Waals surface area contributed by atoms with Crippen molar-refractivity contribution in [2.75, 3.05) is 60.5 Å². The van der Waals surface area contributed by atoms with E-state index in [-0.39, 0.29) is 5.82 Å². The Morgan fingerprint density at radius 1 is 1.38 bits per heavy atom. The molecule has 0 amide bonds. The molecule has 2 aromatic rings. The van der Waals surface area contributed by atoms with Crippen molar-refractivity contribution >= 4 is 45.1 Å². The number of rotatable bonds is 9. The van der Waals surface area contributed by atoms with Gasteiger partial charge in [0.25, 0.3) is 0 Å². The number of oxazole rings is 1. The maximum atomic E-state index is 12.9. The minimum atomic E-state index is -2.26. The number of hydrogen-bond donors (Lipinski definition) is 3. The van der Waals surface area contributed by atoms with Gasteiger partial charge >= 0.3 is 166 Å². The Hall–Kier alpha value is -1.79. The maximum absolute atomic E-state index is 12.9. The molecular formula is C17H26BClN6O3S. The van der Waals surface area contributed by atoms with E-state index in [1.54, 1.807) is 6.07 Å². The first-order valence-corrected chi connectivity index (χ1v) is 11.6. The standard InChI is InChI=1S/C17H26BClN6O3S/c1-2-20-5-10-29(18,27)24-8-6-23(7-9-24)14-3-4-15(19)16(11-14)22-25(26)17-12-28-13-21-17/h3-4,11-13,18,20,22,26H,2,5-10H2,1H3. The number of hydrogen-bond acceptors (Lipinski definition) is 8. The molecule has 1 aromatic heterocycles. The molecule has 12 heteroatoms. The van der Waals surface area contributed by atoms with Crippen molar-refractivity contribution in [2.24, 2.45) is 0 Å². The van der Waals surface area contributed by atoms with Crippen molar-refractivity contribution in [3.8, 4) is 0 Å². The van der Waals surface area contributed by atoms with Crippen LogP contribution in [0.4, 0.5) is 17.2 Å². The minimum absolute atomic E-state index is 0.211. The molecule has 0 spiro atoms. The van der Waals surface area contributed by atoms with E-state index in [0.29, 0.717) is 36.1 Å². The summed E-state index contributed by atoms with van der Waals surface area (Å²) in [5.74, 6) is 0.757. The molecule has 1 aliphatic heterocycles. The Balaban J connectivity index is 1.62. The zero-order valence-electron chi connectivity index (χ0n) is 16.4. The van der Waals surface area contributed by atoms with Crippen LogP contribution in [0, 0.1) is 0 Å². The summed E-state index contributed by atoms with van der Waals surface area (Å²) >= 11 is 6.26. The van der Waals surface area contributed by atoms with Crippen molar-refractivity contribution < 1.29 is 13.8 Å². The third kappa shape index (κ3) is 5.64. The van der Waals surface area contributed by atoms with Crippen LogP contribution in [0.1, 0.15) is 6.92 Å². The number of aromatic nitrogens is 1. The number of piperazine rings is 1. The molecular weight excluding hydrogens is 415 g/mol. The van der Waals surface area contributed by atoms with Crippen molar-refractivity contribution in [3.05, 3.63) is 35.9 Å². The van der Waals surface area contributed by atoms with Gasteiger partial charge in [-0.05, 0) is 0 Å². The van der Waals surface area contributed by atoms with Gasteiger partial charge in [0.05, 0.1) is 0 Å². The fourth-order valence-corrected chi connectivity index (χ4v) is 4.80. The molecule has 0 bridgehead atoms. The summed E-state index contributed by atoms with van der Waals surface area (Å²) in [6.07, 6.45) is 2.52. The topological polar surface area (TPSA) is 97.1 Å². The van der Waals surface area contributed by atoms with E-state index in [1.165, 1.54) is 12.7 Å². The van der Waals surface area contributed by atoms with Gasteiger partial charge in [0.2, 0.25) is 0 Å². The SMILES string of the molecule is B=S(=O)(CCNCC)N1CCN(c2ccc(Cl)c(NN(O)c3cocn3)c2)CC1. The molecule has 29 heavy (non-hydrogen) atoms. The van der Waals surface area contributed by atoms with Gasteiger partial charge in [0.1, 0.15) is 0 Å². The summed E-state index contributed by atoms with van der Waals surface area (Å²) < 4.78 is 19.7. The van der Waals surface area contributed by atoms with Gasteiger partial charge in [-0.2, -0.15) is 0 Å². The third-order valence-electron chi connectivity index (χ3n) is 4.73. The van der Waals surface area contributed by atoms with Crippen molar-refractivity contribution in [1.82, 2.24) is 14.6 Å². The average Bonchev–Trinajstić information content (AvgIpc) is 3.25. The van der Waals surface area contributed by atoms with Gasteiger partial charge in [0.15, 0.2) is 6.39 Å². The number of nitrogens with one attached hydrogen (secondary N) is 2. The third-order valence-corrected chi connectivity index (χ3v) is 7.21.